The minimum Gasteiger partial charge on any atom is -0.480 e. The Balaban J connectivity index is 2.06. The van der Waals surface area contributed by atoms with Gasteiger partial charge in [0.25, 0.3) is 0 Å². The Kier molecular flexibility index (Phi) is 4.11. The van der Waals surface area contributed by atoms with E-state index in [2.05, 4.69) is 0 Å². The molecule has 0 spiro atoms. The normalized spacial score (nSPS) is 18.9. The van der Waals surface area contributed by atoms with Crippen molar-refractivity contribution in [3.63, 3.8) is 0 Å². The maximum Gasteiger partial charge on any atom is 0.327 e. The number of carboxylic acids is 1. The van der Waals surface area contributed by atoms with E-state index in [0.29, 0.717) is 17.3 Å². The maximum absolute atomic E-state index is 11.9. The Hall–Kier alpha value is -1.95. The maximum atomic E-state index is 11.9. The number of nitrogens with two attached hydrogens (primary N) is 1. The van der Waals surface area contributed by atoms with Crippen molar-refractivity contribution in [2.45, 2.75) is 6.04 Å². The fourth-order valence-corrected chi connectivity index (χ4v) is 2.95. The van der Waals surface area contributed by atoms with Gasteiger partial charge in [0.2, 0.25) is 5.91 Å². The number of hydrogen-bond acceptors (Lipinski definition) is 4. The van der Waals surface area contributed by atoms with Crippen LogP contribution < -0.4 is 5.73 Å². The first-order valence-corrected chi connectivity index (χ1v) is 6.88. The lowest BCUT2D eigenvalue weighted by atomic mass is 10.2. The molecule has 6 heteroatoms. The summed E-state index contributed by atoms with van der Waals surface area (Å²) in [5.41, 5.74) is 7.07. The van der Waals surface area contributed by atoms with E-state index in [4.69, 9.17) is 10.8 Å². The Bertz CT molecular complexity index is 530. The Labute approximate surface area is 115 Å². The molecule has 1 heterocycles. The molecule has 0 saturated carbocycles. The summed E-state index contributed by atoms with van der Waals surface area (Å²) in [5, 5.41) is 9.01. The first-order chi connectivity index (χ1) is 9.08. The first-order valence-electron chi connectivity index (χ1n) is 5.72. The number of thioether (sulfide) groups is 1. The lowest BCUT2D eigenvalue weighted by molar-refractivity contribution is -0.146. The van der Waals surface area contributed by atoms with E-state index in [1.807, 2.05) is 6.07 Å². The van der Waals surface area contributed by atoms with Crippen LogP contribution in [0, 0.1) is 0 Å². The van der Waals surface area contributed by atoms with E-state index < -0.39 is 12.0 Å². The molecular weight excluding hydrogens is 264 g/mol. The zero-order chi connectivity index (χ0) is 13.8. The number of anilines is 1. The first kappa shape index (κ1) is 13.5. The van der Waals surface area contributed by atoms with Crippen LogP contribution in [0.3, 0.4) is 0 Å². The zero-order valence-electron chi connectivity index (χ0n) is 10.2. The summed E-state index contributed by atoms with van der Waals surface area (Å²) in [6.45, 7) is 0. The van der Waals surface area contributed by atoms with Crippen molar-refractivity contribution in [1.29, 1.82) is 0 Å². The van der Waals surface area contributed by atoms with Crippen LogP contribution in [-0.4, -0.2) is 39.6 Å². The average Bonchev–Trinajstić information content (AvgIpc) is 2.85. The van der Waals surface area contributed by atoms with Crippen LogP contribution >= 0.6 is 11.8 Å². The molecule has 5 nitrogen and oxygen atoms in total. The lowest BCUT2D eigenvalue weighted by Gasteiger charge is -2.18. The highest BCUT2D eigenvalue weighted by molar-refractivity contribution is 7.99. The van der Waals surface area contributed by atoms with Gasteiger partial charge in [-0.25, -0.2) is 4.79 Å². The van der Waals surface area contributed by atoms with Crippen LogP contribution in [0.5, 0.6) is 0 Å². The summed E-state index contributed by atoms with van der Waals surface area (Å²) in [6, 6.07) is 6.40. The smallest absolute Gasteiger partial charge is 0.327 e. The van der Waals surface area contributed by atoms with Crippen LogP contribution in [0.1, 0.15) is 5.56 Å². The lowest BCUT2D eigenvalue weighted by Crippen LogP contribution is -2.40. The number of hydrogen-bond donors (Lipinski definition) is 2. The second-order valence-electron chi connectivity index (χ2n) is 4.17. The van der Waals surface area contributed by atoms with Crippen molar-refractivity contribution < 1.29 is 14.7 Å². The SMILES string of the molecule is Nc1cccc(/C=C/C(=O)N2CSC[C@H]2C(=O)O)c1. The predicted molar refractivity (Wildman–Crippen MR) is 75.5 cm³/mol. The van der Waals surface area contributed by atoms with Crippen molar-refractivity contribution in [3.05, 3.63) is 35.9 Å². The van der Waals surface area contributed by atoms with E-state index in [9.17, 15) is 9.59 Å². The Morgan fingerprint density at radius 2 is 2.26 bits per heavy atom. The van der Waals surface area contributed by atoms with Crippen LogP contribution in [0.2, 0.25) is 0 Å². The van der Waals surface area contributed by atoms with Crippen LogP contribution in [0.25, 0.3) is 6.08 Å². The van der Waals surface area contributed by atoms with Gasteiger partial charge in [0.15, 0.2) is 0 Å². The summed E-state index contributed by atoms with van der Waals surface area (Å²) >= 11 is 1.44. The van der Waals surface area contributed by atoms with Gasteiger partial charge in [-0.1, -0.05) is 12.1 Å². The van der Waals surface area contributed by atoms with Crippen LogP contribution in [0.4, 0.5) is 5.69 Å². The largest absolute Gasteiger partial charge is 0.480 e. The molecule has 1 aromatic rings. The molecule has 1 saturated heterocycles. The minimum atomic E-state index is -0.962. The third-order valence-corrected chi connectivity index (χ3v) is 3.79. The monoisotopic (exact) mass is 278 g/mol. The van der Waals surface area contributed by atoms with E-state index in [0.717, 1.165) is 5.56 Å². The zero-order valence-corrected chi connectivity index (χ0v) is 11.0. The third-order valence-electron chi connectivity index (χ3n) is 2.78. The fraction of sp³-hybridized carbons (Fsp3) is 0.231. The summed E-state index contributed by atoms with van der Waals surface area (Å²) in [7, 11) is 0. The summed E-state index contributed by atoms with van der Waals surface area (Å²) < 4.78 is 0. The van der Waals surface area contributed by atoms with Gasteiger partial charge in [0, 0.05) is 17.5 Å². The molecule has 3 N–H and O–H groups in total. The highest BCUT2D eigenvalue weighted by atomic mass is 32.2. The third kappa shape index (κ3) is 3.29. The molecule has 1 amide bonds. The molecule has 1 aliphatic heterocycles. The molecular formula is C13H14N2O3S. The number of carbonyl (C=O) groups is 2. The van der Waals surface area contributed by atoms with Crippen molar-refractivity contribution in [2.75, 3.05) is 17.4 Å². The van der Waals surface area contributed by atoms with Gasteiger partial charge in [-0.15, -0.1) is 11.8 Å². The van der Waals surface area contributed by atoms with Gasteiger partial charge >= 0.3 is 5.97 Å². The molecule has 2 rings (SSSR count). The molecule has 0 unspecified atom stereocenters. The van der Waals surface area contributed by atoms with E-state index in [1.54, 1.807) is 24.3 Å². The van der Waals surface area contributed by atoms with Gasteiger partial charge in [0.05, 0.1) is 5.88 Å². The Morgan fingerprint density at radius 3 is 2.95 bits per heavy atom. The van der Waals surface area contributed by atoms with Gasteiger partial charge < -0.3 is 15.7 Å². The molecule has 0 aromatic heterocycles. The number of benzene rings is 1. The van der Waals surface area contributed by atoms with Gasteiger partial charge in [-0.2, -0.15) is 0 Å². The van der Waals surface area contributed by atoms with Crippen LogP contribution in [0.15, 0.2) is 30.3 Å². The van der Waals surface area contributed by atoms with Gasteiger partial charge in [0.1, 0.15) is 6.04 Å². The van der Waals surface area contributed by atoms with Crippen molar-refractivity contribution in [1.82, 2.24) is 4.90 Å². The van der Waals surface area contributed by atoms with Crippen LogP contribution in [-0.2, 0) is 9.59 Å². The van der Waals surface area contributed by atoms with Gasteiger partial charge in [-0.05, 0) is 23.8 Å². The number of amides is 1. The average molecular weight is 278 g/mol. The summed E-state index contributed by atoms with van der Waals surface area (Å²) in [5.74, 6) is -0.403. The second kappa shape index (κ2) is 5.79. The summed E-state index contributed by atoms with van der Waals surface area (Å²) in [4.78, 5) is 24.3. The molecule has 100 valence electrons. The van der Waals surface area contributed by atoms with Gasteiger partial charge in [-0.3, -0.25) is 4.79 Å². The predicted octanol–water partition coefficient (Wildman–Crippen LogP) is 1.27. The minimum absolute atomic E-state index is 0.292. The van der Waals surface area contributed by atoms with Crippen molar-refractivity contribution in [2.24, 2.45) is 0 Å². The standard InChI is InChI=1S/C13H14N2O3S/c14-10-3-1-2-9(6-10)4-5-12(16)15-8-19-7-11(15)13(17)18/h1-6,11H,7-8,14H2,(H,17,18)/b5-4+/t11-/m0/s1. The number of carbonyl (C=O) groups excluding carboxylic acids is 1. The van der Waals surface area contributed by atoms with E-state index >= 15 is 0 Å². The molecule has 0 radical (unpaired) electrons. The van der Waals surface area contributed by atoms with Crippen molar-refractivity contribution >= 4 is 35.4 Å². The Morgan fingerprint density at radius 1 is 1.47 bits per heavy atom. The summed E-state index contributed by atoms with van der Waals surface area (Å²) in [6.07, 6.45) is 3.02. The molecule has 1 aromatic carbocycles. The molecule has 0 aliphatic carbocycles. The number of rotatable bonds is 3. The van der Waals surface area contributed by atoms with E-state index in [1.165, 1.54) is 22.7 Å². The number of nitrogen functional groups attached to an aromatic ring is 1. The van der Waals surface area contributed by atoms with Crippen molar-refractivity contribution in [3.8, 4) is 0 Å². The fourth-order valence-electron chi connectivity index (χ4n) is 1.79. The molecule has 1 fully saturated rings. The van der Waals surface area contributed by atoms with E-state index in [-0.39, 0.29) is 5.91 Å². The highest BCUT2D eigenvalue weighted by Gasteiger charge is 2.33. The molecule has 19 heavy (non-hydrogen) atoms. The quantitative estimate of drug-likeness (QED) is 0.642. The second-order valence-corrected chi connectivity index (χ2v) is 5.17. The molecule has 0 bridgehead atoms. The number of nitrogens with zero attached hydrogens (tertiary/aromatic N) is 1. The topological polar surface area (TPSA) is 83.6 Å². The number of aliphatic carboxylic acids is 1. The molecule has 1 aliphatic rings. The highest BCUT2D eigenvalue weighted by Crippen LogP contribution is 2.21. The number of carboxylic acid groups (broad SMARTS) is 1. The molecule has 1 atom stereocenters.